The van der Waals surface area contributed by atoms with Crippen LogP contribution < -0.4 is 20.8 Å². The molecule has 30 heavy (non-hydrogen) atoms. The van der Waals surface area contributed by atoms with Crippen LogP contribution in [0.2, 0.25) is 0 Å². The summed E-state index contributed by atoms with van der Waals surface area (Å²) in [5.74, 6) is -1.83. The zero-order chi connectivity index (χ0) is 22.2. The van der Waals surface area contributed by atoms with Gasteiger partial charge in [0.05, 0.1) is 18.0 Å². The van der Waals surface area contributed by atoms with E-state index in [9.17, 15) is 14.7 Å². The van der Waals surface area contributed by atoms with E-state index in [0.717, 1.165) is 24.5 Å². The Balaban J connectivity index is 2.28. The molecular weight excluding hydrogens is 413 g/mol. The van der Waals surface area contributed by atoms with Crippen LogP contribution in [0.4, 0.5) is 10.1 Å². The summed E-state index contributed by atoms with van der Waals surface area (Å²) in [6.07, 6.45) is 3.67. The Hall–Kier alpha value is -2.58. The molecule has 1 saturated carbocycles. The van der Waals surface area contributed by atoms with Crippen molar-refractivity contribution in [2.75, 3.05) is 32.1 Å². The first-order valence-electron chi connectivity index (χ1n) is 9.71. The summed E-state index contributed by atoms with van der Waals surface area (Å²) < 4.78 is 22.5. The lowest BCUT2D eigenvalue weighted by molar-refractivity contribution is 0.0695. The van der Waals surface area contributed by atoms with E-state index in [-0.39, 0.29) is 35.0 Å². The minimum absolute atomic E-state index is 0.0143. The van der Waals surface area contributed by atoms with Crippen molar-refractivity contribution in [1.29, 1.82) is 0 Å². The summed E-state index contributed by atoms with van der Waals surface area (Å²) in [4.78, 5) is 26.0. The van der Waals surface area contributed by atoms with Crippen LogP contribution in [0.15, 0.2) is 27.7 Å². The van der Waals surface area contributed by atoms with E-state index < -0.39 is 17.2 Å². The number of carbonyl (C=O) groups is 1. The molecule has 0 spiro atoms. The highest BCUT2D eigenvalue weighted by Crippen LogP contribution is 2.43. The predicted octanol–water partition coefficient (Wildman–Crippen LogP) is 3.48. The second-order valence-corrected chi connectivity index (χ2v) is 7.83. The monoisotopic (exact) mass is 437 g/mol. The fourth-order valence-electron chi connectivity index (χ4n) is 3.68. The van der Waals surface area contributed by atoms with E-state index in [1.807, 2.05) is 6.92 Å². The Kier molecular flexibility index (Phi) is 6.38. The van der Waals surface area contributed by atoms with Gasteiger partial charge in [0.15, 0.2) is 11.6 Å². The molecule has 3 N–H and O–H groups in total. The van der Waals surface area contributed by atoms with E-state index >= 15 is 4.39 Å². The summed E-state index contributed by atoms with van der Waals surface area (Å²) in [5, 5.41) is 9.92. The van der Waals surface area contributed by atoms with Gasteiger partial charge in [0, 0.05) is 37.4 Å². The Labute approximate surface area is 178 Å². The minimum Gasteiger partial charge on any atom is -0.492 e. The summed E-state index contributed by atoms with van der Waals surface area (Å²) >= 11 is 6.22. The molecule has 1 aromatic carbocycles. The second-order valence-electron chi connectivity index (χ2n) is 7.37. The van der Waals surface area contributed by atoms with Crippen LogP contribution in [0.3, 0.4) is 0 Å². The smallest absolute Gasteiger partial charge is 0.341 e. The normalized spacial score (nSPS) is 14.6. The van der Waals surface area contributed by atoms with Crippen molar-refractivity contribution in [2.24, 2.45) is 5.73 Å². The number of rotatable bonds is 8. The zero-order valence-corrected chi connectivity index (χ0v) is 17.9. The Morgan fingerprint density at radius 1 is 1.47 bits per heavy atom. The standard InChI is InChI=1S/C21H25ClFN3O4/c1-4-11(15(22)8-24)9-25(2)18-16(23)7-13-17(20(18)30-3)26(12-5-6-12)10-14(19(13)27)21(28)29/h7,10,12H,4-6,8-9,24H2,1-3H3,(H,28,29)/b15-11-. The number of fused-ring (bicyclic) bond motifs is 1. The van der Waals surface area contributed by atoms with Crippen molar-refractivity contribution in [1.82, 2.24) is 4.57 Å². The van der Waals surface area contributed by atoms with Crippen molar-refractivity contribution < 1.29 is 19.0 Å². The molecule has 0 amide bonds. The molecule has 9 heteroatoms. The van der Waals surface area contributed by atoms with Gasteiger partial charge in [-0.25, -0.2) is 9.18 Å². The molecule has 1 aromatic heterocycles. The first kappa shape index (κ1) is 22.1. The van der Waals surface area contributed by atoms with Gasteiger partial charge in [0.25, 0.3) is 0 Å². The zero-order valence-electron chi connectivity index (χ0n) is 17.2. The number of nitrogens with zero attached hydrogens (tertiary/aromatic N) is 2. The van der Waals surface area contributed by atoms with Gasteiger partial charge in [0.2, 0.25) is 5.43 Å². The van der Waals surface area contributed by atoms with Crippen molar-refractivity contribution in [3.8, 4) is 5.75 Å². The molecule has 1 fully saturated rings. The maximum Gasteiger partial charge on any atom is 0.341 e. The number of ether oxygens (including phenoxy) is 1. The van der Waals surface area contributed by atoms with Crippen LogP contribution in [0.5, 0.6) is 5.75 Å². The van der Waals surface area contributed by atoms with Gasteiger partial charge in [-0.05, 0) is 30.9 Å². The molecular formula is C21H25ClFN3O4. The fourth-order valence-corrected chi connectivity index (χ4v) is 3.88. The lowest BCUT2D eigenvalue weighted by atomic mass is 10.1. The molecule has 1 aliphatic carbocycles. The number of halogens is 2. The fraction of sp³-hybridized carbons (Fsp3) is 0.429. The van der Waals surface area contributed by atoms with Gasteiger partial charge in [-0.3, -0.25) is 4.79 Å². The average molecular weight is 438 g/mol. The lowest BCUT2D eigenvalue weighted by Gasteiger charge is -2.26. The molecule has 2 aromatic rings. The second kappa shape index (κ2) is 8.65. The number of aromatic nitrogens is 1. The van der Waals surface area contributed by atoms with Gasteiger partial charge >= 0.3 is 5.97 Å². The number of aromatic carboxylic acids is 1. The number of pyridine rings is 1. The molecule has 1 aliphatic rings. The molecule has 0 saturated heterocycles. The number of hydrogen-bond donors (Lipinski definition) is 2. The average Bonchev–Trinajstić information content (AvgIpc) is 3.55. The number of hydrogen-bond acceptors (Lipinski definition) is 5. The van der Waals surface area contributed by atoms with Crippen LogP contribution in [0.25, 0.3) is 10.9 Å². The molecule has 3 rings (SSSR count). The predicted molar refractivity (Wildman–Crippen MR) is 115 cm³/mol. The Bertz CT molecular complexity index is 1090. The van der Waals surface area contributed by atoms with Gasteiger partial charge in [0.1, 0.15) is 11.3 Å². The van der Waals surface area contributed by atoms with Crippen molar-refractivity contribution in [3.05, 3.63) is 44.5 Å². The van der Waals surface area contributed by atoms with Crippen molar-refractivity contribution in [3.63, 3.8) is 0 Å². The number of likely N-dealkylation sites (N-methyl/N-ethyl adjacent to an activating group) is 1. The summed E-state index contributed by atoms with van der Waals surface area (Å²) in [7, 11) is 3.11. The molecule has 0 atom stereocenters. The van der Waals surface area contributed by atoms with Gasteiger partial charge < -0.3 is 25.0 Å². The van der Waals surface area contributed by atoms with E-state index in [4.69, 9.17) is 22.1 Å². The molecule has 0 aliphatic heterocycles. The van der Waals surface area contributed by atoms with Gasteiger partial charge in [-0.2, -0.15) is 0 Å². The highest BCUT2D eigenvalue weighted by molar-refractivity contribution is 6.30. The lowest BCUT2D eigenvalue weighted by Crippen LogP contribution is -2.25. The minimum atomic E-state index is -1.34. The Morgan fingerprint density at radius 3 is 2.63 bits per heavy atom. The largest absolute Gasteiger partial charge is 0.492 e. The van der Waals surface area contributed by atoms with Crippen LogP contribution in [-0.2, 0) is 0 Å². The number of nitrogens with two attached hydrogens (primary N) is 1. The van der Waals surface area contributed by atoms with Crippen molar-refractivity contribution >= 4 is 34.2 Å². The first-order chi connectivity index (χ1) is 14.2. The summed E-state index contributed by atoms with van der Waals surface area (Å²) in [6.45, 7) is 2.45. The first-order valence-corrected chi connectivity index (χ1v) is 10.1. The maximum atomic E-state index is 15.2. The highest BCUT2D eigenvalue weighted by atomic mass is 35.5. The van der Waals surface area contributed by atoms with E-state index in [2.05, 4.69) is 0 Å². The van der Waals surface area contributed by atoms with Crippen LogP contribution in [0, 0.1) is 5.82 Å². The van der Waals surface area contributed by atoms with Gasteiger partial charge in [-0.15, -0.1) is 0 Å². The highest BCUT2D eigenvalue weighted by Gasteiger charge is 2.31. The molecule has 0 bridgehead atoms. The van der Waals surface area contributed by atoms with E-state index in [1.54, 1.807) is 16.5 Å². The number of methoxy groups -OCH3 is 1. The number of carboxylic acid groups (broad SMARTS) is 1. The third-order valence-corrected chi connectivity index (χ3v) is 5.79. The third-order valence-electron chi connectivity index (χ3n) is 5.37. The number of carboxylic acids is 1. The summed E-state index contributed by atoms with van der Waals surface area (Å²) in [6, 6.07) is 1.14. The molecule has 0 unspecified atom stereocenters. The Morgan fingerprint density at radius 2 is 2.13 bits per heavy atom. The quantitative estimate of drug-likeness (QED) is 0.656. The third kappa shape index (κ3) is 3.89. The molecule has 162 valence electrons. The van der Waals surface area contributed by atoms with E-state index in [0.29, 0.717) is 23.5 Å². The number of anilines is 1. The SMILES string of the molecule is CC/C(CN(C)c1c(F)cc2c(=O)c(C(=O)O)cn(C3CC3)c2c1OC)=C(/Cl)CN. The van der Waals surface area contributed by atoms with Crippen LogP contribution >= 0.6 is 11.6 Å². The maximum absolute atomic E-state index is 15.2. The van der Waals surface area contributed by atoms with Crippen LogP contribution in [-0.4, -0.2) is 42.9 Å². The van der Waals surface area contributed by atoms with Crippen molar-refractivity contribution in [2.45, 2.75) is 32.2 Å². The molecule has 1 heterocycles. The summed E-state index contributed by atoms with van der Waals surface area (Å²) in [5.41, 5.74) is 5.96. The molecule has 7 nitrogen and oxygen atoms in total. The van der Waals surface area contributed by atoms with Crippen LogP contribution in [0.1, 0.15) is 42.6 Å². The van der Waals surface area contributed by atoms with Gasteiger partial charge in [-0.1, -0.05) is 18.5 Å². The number of benzene rings is 1. The van der Waals surface area contributed by atoms with E-state index in [1.165, 1.54) is 13.3 Å². The molecule has 0 radical (unpaired) electrons. The topological polar surface area (TPSA) is 97.8 Å².